The average molecular weight is 438 g/mol. The largest absolute Gasteiger partial charge is 0.494 e. The SMILES string of the molecule is CCOc1ccc(C(C(F)=CCc2ccc(F)c(Oc3ccc(F)cc3)c2)C2CC2)cc1. The molecule has 0 radical (unpaired) electrons. The Labute approximate surface area is 186 Å². The summed E-state index contributed by atoms with van der Waals surface area (Å²) in [5, 5.41) is 0. The minimum Gasteiger partial charge on any atom is -0.494 e. The highest BCUT2D eigenvalue weighted by molar-refractivity contribution is 5.38. The van der Waals surface area contributed by atoms with E-state index in [1.54, 1.807) is 18.2 Å². The number of ether oxygens (including phenoxy) is 2. The second kappa shape index (κ2) is 9.94. The van der Waals surface area contributed by atoms with Crippen LogP contribution in [0.5, 0.6) is 17.2 Å². The Balaban J connectivity index is 1.49. The van der Waals surface area contributed by atoms with Crippen LogP contribution in [0.2, 0.25) is 0 Å². The Morgan fingerprint density at radius 2 is 1.66 bits per heavy atom. The van der Waals surface area contributed by atoms with Crippen molar-refractivity contribution in [2.75, 3.05) is 6.61 Å². The van der Waals surface area contributed by atoms with Crippen LogP contribution in [0.3, 0.4) is 0 Å². The van der Waals surface area contributed by atoms with Gasteiger partial charge in [0.15, 0.2) is 11.6 Å². The van der Waals surface area contributed by atoms with Crippen LogP contribution in [-0.4, -0.2) is 6.61 Å². The summed E-state index contributed by atoms with van der Waals surface area (Å²) in [5.41, 5.74) is 1.66. The first kappa shape index (κ1) is 22.0. The molecule has 3 aromatic carbocycles. The second-order valence-electron chi connectivity index (χ2n) is 7.93. The number of hydrogen-bond donors (Lipinski definition) is 0. The van der Waals surface area contributed by atoms with Crippen LogP contribution in [0.4, 0.5) is 13.2 Å². The molecule has 0 aliphatic heterocycles. The maximum absolute atomic E-state index is 15.2. The van der Waals surface area contributed by atoms with E-state index in [1.807, 2.05) is 31.2 Å². The molecule has 166 valence electrons. The lowest BCUT2D eigenvalue weighted by atomic mass is 9.92. The van der Waals surface area contributed by atoms with Crippen molar-refractivity contribution in [1.29, 1.82) is 0 Å². The maximum atomic E-state index is 15.2. The lowest BCUT2D eigenvalue weighted by Crippen LogP contribution is -2.03. The van der Waals surface area contributed by atoms with Crippen molar-refractivity contribution in [2.45, 2.75) is 32.1 Å². The summed E-state index contributed by atoms with van der Waals surface area (Å²) in [6.45, 7) is 2.51. The fraction of sp³-hybridized carbons (Fsp3) is 0.259. The van der Waals surface area contributed by atoms with Crippen molar-refractivity contribution < 1.29 is 22.6 Å². The first-order valence-corrected chi connectivity index (χ1v) is 10.8. The monoisotopic (exact) mass is 438 g/mol. The molecule has 0 spiro atoms. The van der Waals surface area contributed by atoms with Gasteiger partial charge in [-0.2, -0.15) is 0 Å². The van der Waals surface area contributed by atoms with Crippen LogP contribution in [0.25, 0.3) is 0 Å². The summed E-state index contributed by atoms with van der Waals surface area (Å²) in [4.78, 5) is 0. The molecular weight excluding hydrogens is 413 g/mol. The number of halogens is 3. The molecule has 0 heterocycles. The molecule has 2 nitrogen and oxygen atoms in total. The van der Waals surface area contributed by atoms with E-state index < -0.39 is 11.6 Å². The van der Waals surface area contributed by atoms with Gasteiger partial charge in [0.25, 0.3) is 0 Å². The molecule has 0 aromatic heterocycles. The summed E-state index contributed by atoms with van der Waals surface area (Å²) in [6, 6.07) is 17.4. The molecule has 3 aromatic rings. The number of hydrogen-bond acceptors (Lipinski definition) is 2. The van der Waals surface area contributed by atoms with Crippen LogP contribution < -0.4 is 9.47 Å². The van der Waals surface area contributed by atoms with Gasteiger partial charge in [-0.05, 0) is 97.8 Å². The molecule has 32 heavy (non-hydrogen) atoms. The van der Waals surface area contributed by atoms with Gasteiger partial charge < -0.3 is 9.47 Å². The first-order chi connectivity index (χ1) is 15.5. The second-order valence-corrected chi connectivity index (χ2v) is 7.93. The minimum atomic E-state index is -0.534. The zero-order chi connectivity index (χ0) is 22.5. The Hall–Kier alpha value is -3.21. The molecule has 1 aliphatic carbocycles. The average Bonchev–Trinajstić information content (AvgIpc) is 3.62. The summed E-state index contributed by atoms with van der Waals surface area (Å²) >= 11 is 0. The van der Waals surface area contributed by atoms with E-state index in [0.29, 0.717) is 24.7 Å². The zero-order valence-corrected chi connectivity index (χ0v) is 17.9. The Kier molecular flexibility index (Phi) is 6.84. The van der Waals surface area contributed by atoms with Gasteiger partial charge in [0.1, 0.15) is 23.1 Å². The van der Waals surface area contributed by atoms with Crippen LogP contribution in [0.1, 0.15) is 36.8 Å². The van der Waals surface area contributed by atoms with Crippen LogP contribution >= 0.6 is 0 Å². The van der Waals surface area contributed by atoms with E-state index >= 15 is 4.39 Å². The Bertz CT molecular complexity index is 1070. The summed E-state index contributed by atoms with van der Waals surface area (Å²) in [6.07, 6.45) is 3.89. The van der Waals surface area contributed by atoms with E-state index in [9.17, 15) is 8.78 Å². The third kappa shape index (κ3) is 5.52. The van der Waals surface area contributed by atoms with E-state index in [1.165, 1.54) is 30.3 Å². The number of benzene rings is 3. The lowest BCUT2D eigenvalue weighted by Gasteiger charge is -2.16. The van der Waals surface area contributed by atoms with E-state index in [-0.39, 0.29) is 17.5 Å². The number of rotatable bonds is 9. The highest BCUT2D eigenvalue weighted by atomic mass is 19.1. The van der Waals surface area contributed by atoms with E-state index in [2.05, 4.69) is 0 Å². The molecule has 1 fully saturated rings. The summed E-state index contributed by atoms with van der Waals surface area (Å²) in [7, 11) is 0. The van der Waals surface area contributed by atoms with Gasteiger partial charge in [-0.3, -0.25) is 0 Å². The Morgan fingerprint density at radius 3 is 2.31 bits per heavy atom. The molecule has 4 rings (SSSR count). The minimum absolute atomic E-state index is 0.0215. The van der Waals surface area contributed by atoms with Crippen molar-refractivity contribution in [3.63, 3.8) is 0 Å². The van der Waals surface area contributed by atoms with Crippen LogP contribution in [0.15, 0.2) is 78.6 Å². The van der Waals surface area contributed by atoms with Crippen molar-refractivity contribution in [3.05, 3.63) is 101 Å². The van der Waals surface area contributed by atoms with Crippen molar-refractivity contribution >= 4 is 0 Å². The van der Waals surface area contributed by atoms with Gasteiger partial charge in [0.05, 0.1) is 6.61 Å². The molecule has 0 bridgehead atoms. The van der Waals surface area contributed by atoms with Crippen molar-refractivity contribution in [2.24, 2.45) is 5.92 Å². The van der Waals surface area contributed by atoms with Crippen LogP contribution in [0, 0.1) is 17.6 Å². The molecule has 0 amide bonds. The molecular formula is C27H25F3O2. The highest BCUT2D eigenvalue weighted by Gasteiger charge is 2.35. The predicted molar refractivity (Wildman–Crippen MR) is 119 cm³/mol. The smallest absolute Gasteiger partial charge is 0.165 e. The van der Waals surface area contributed by atoms with Crippen molar-refractivity contribution in [1.82, 2.24) is 0 Å². The van der Waals surface area contributed by atoms with Crippen molar-refractivity contribution in [3.8, 4) is 17.2 Å². The fourth-order valence-electron chi connectivity index (χ4n) is 3.75. The molecule has 0 N–H and O–H groups in total. The van der Waals surface area contributed by atoms with Crippen LogP contribution in [-0.2, 0) is 6.42 Å². The number of allylic oxidation sites excluding steroid dienone is 2. The van der Waals surface area contributed by atoms with Gasteiger partial charge in [-0.25, -0.2) is 13.2 Å². The summed E-state index contributed by atoms with van der Waals surface area (Å²) < 4.78 is 53.5. The normalized spacial score (nSPS) is 14.8. The fourth-order valence-corrected chi connectivity index (χ4v) is 3.75. The van der Waals surface area contributed by atoms with Gasteiger partial charge >= 0.3 is 0 Å². The van der Waals surface area contributed by atoms with Gasteiger partial charge in [-0.1, -0.05) is 18.2 Å². The highest BCUT2D eigenvalue weighted by Crippen LogP contribution is 2.47. The molecule has 5 heteroatoms. The van der Waals surface area contributed by atoms with Gasteiger partial charge in [-0.15, -0.1) is 0 Å². The van der Waals surface area contributed by atoms with E-state index in [0.717, 1.165) is 29.7 Å². The zero-order valence-electron chi connectivity index (χ0n) is 17.9. The van der Waals surface area contributed by atoms with E-state index in [4.69, 9.17) is 9.47 Å². The third-order valence-corrected chi connectivity index (χ3v) is 5.51. The third-order valence-electron chi connectivity index (χ3n) is 5.51. The molecule has 1 unspecified atom stereocenters. The molecule has 0 saturated heterocycles. The standard InChI is InChI=1S/C27H25F3O2/c1-2-31-22-11-7-20(8-12-22)27(19-5-6-19)25(30)16-4-18-3-15-24(29)26(17-18)32-23-13-9-21(28)10-14-23/h3,7-17,19,27H,2,4-6H2,1H3. The molecule has 1 aliphatic rings. The lowest BCUT2D eigenvalue weighted by molar-refractivity contribution is 0.340. The summed E-state index contributed by atoms with van der Waals surface area (Å²) in [5.74, 6) is 0.0346. The quantitative estimate of drug-likeness (QED) is 0.340. The van der Waals surface area contributed by atoms with Gasteiger partial charge in [0.2, 0.25) is 0 Å². The predicted octanol–water partition coefficient (Wildman–Crippen LogP) is 7.75. The molecule has 1 saturated carbocycles. The Morgan fingerprint density at radius 1 is 0.969 bits per heavy atom. The van der Waals surface area contributed by atoms with Gasteiger partial charge in [0, 0.05) is 5.92 Å². The topological polar surface area (TPSA) is 18.5 Å². The maximum Gasteiger partial charge on any atom is 0.165 e. The first-order valence-electron chi connectivity index (χ1n) is 10.8. The molecule has 1 atom stereocenters.